The molecule has 1 fully saturated rings. The van der Waals surface area contributed by atoms with Crippen molar-refractivity contribution in [3.63, 3.8) is 0 Å². The van der Waals surface area contributed by atoms with Crippen molar-refractivity contribution in [1.29, 1.82) is 0 Å². The maximum absolute atomic E-state index is 10.7. The van der Waals surface area contributed by atoms with Crippen LogP contribution in [0.3, 0.4) is 0 Å². The van der Waals surface area contributed by atoms with Crippen LogP contribution in [0.4, 0.5) is 0 Å². The predicted octanol–water partition coefficient (Wildman–Crippen LogP) is -0.0622. The summed E-state index contributed by atoms with van der Waals surface area (Å²) in [5, 5.41) is 8.63. The minimum absolute atomic E-state index is 0.0939. The molecule has 4 nitrogen and oxygen atoms in total. The van der Waals surface area contributed by atoms with Crippen molar-refractivity contribution in [3.05, 3.63) is 0 Å². The van der Waals surface area contributed by atoms with Crippen molar-refractivity contribution >= 4 is 11.9 Å². The van der Waals surface area contributed by atoms with Gasteiger partial charge in [0.1, 0.15) is 6.04 Å². The Kier molecular flexibility index (Phi) is 1.85. The largest absolute Gasteiger partial charge is 0.480 e. The van der Waals surface area contributed by atoms with Gasteiger partial charge < -0.3 is 10.0 Å². The lowest BCUT2D eigenvalue weighted by Crippen LogP contribution is -2.60. The van der Waals surface area contributed by atoms with Gasteiger partial charge in [-0.3, -0.25) is 4.79 Å². The zero-order chi connectivity index (χ0) is 8.59. The summed E-state index contributed by atoms with van der Waals surface area (Å²) in [7, 11) is 0. The van der Waals surface area contributed by atoms with Crippen LogP contribution in [0.2, 0.25) is 0 Å². The third kappa shape index (κ3) is 1.20. The maximum Gasteiger partial charge on any atom is 0.326 e. The average molecular weight is 157 g/mol. The van der Waals surface area contributed by atoms with Gasteiger partial charge in [0.05, 0.1) is 0 Å². The normalized spacial score (nSPS) is 29.5. The van der Waals surface area contributed by atoms with Gasteiger partial charge in [0.2, 0.25) is 5.91 Å². The van der Waals surface area contributed by atoms with Gasteiger partial charge in [-0.2, -0.15) is 0 Å². The number of likely N-dealkylation sites (tertiary alicyclic amines) is 1. The van der Waals surface area contributed by atoms with E-state index in [9.17, 15) is 9.59 Å². The summed E-state index contributed by atoms with van der Waals surface area (Å²) in [5.41, 5.74) is 0. The van der Waals surface area contributed by atoms with E-state index in [1.807, 2.05) is 6.92 Å². The Hall–Kier alpha value is -1.06. The maximum atomic E-state index is 10.7. The summed E-state index contributed by atoms with van der Waals surface area (Å²) in [6.07, 6.45) is 0. The van der Waals surface area contributed by atoms with Crippen molar-refractivity contribution in [2.24, 2.45) is 5.92 Å². The van der Waals surface area contributed by atoms with Gasteiger partial charge in [-0.25, -0.2) is 4.79 Å². The molecule has 1 rings (SSSR count). The number of nitrogens with zero attached hydrogens (tertiary/aromatic N) is 1. The second-order valence-corrected chi connectivity index (χ2v) is 2.93. The quantitative estimate of drug-likeness (QED) is 0.580. The fourth-order valence-corrected chi connectivity index (χ4v) is 1.39. The monoisotopic (exact) mass is 157 g/mol. The highest BCUT2D eigenvalue weighted by atomic mass is 16.4. The van der Waals surface area contributed by atoms with E-state index >= 15 is 0 Å². The van der Waals surface area contributed by atoms with Gasteiger partial charge in [0.25, 0.3) is 0 Å². The number of carbonyl (C=O) groups is 2. The summed E-state index contributed by atoms with van der Waals surface area (Å²) >= 11 is 0. The van der Waals surface area contributed by atoms with Gasteiger partial charge in [0, 0.05) is 19.4 Å². The number of carbonyl (C=O) groups excluding carboxylic acids is 1. The molecule has 0 aromatic rings. The Morgan fingerprint density at radius 3 is 2.27 bits per heavy atom. The van der Waals surface area contributed by atoms with Crippen LogP contribution in [0.5, 0.6) is 0 Å². The minimum Gasteiger partial charge on any atom is -0.480 e. The Morgan fingerprint density at radius 1 is 1.55 bits per heavy atom. The Bertz CT molecular complexity index is 202. The van der Waals surface area contributed by atoms with Gasteiger partial charge in [-0.05, 0) is 0 Å². The van der Waals surface area contributed by atoms with Crippen LogP contribution >= 0.6 is 0 Å². The fourth-order valence-electron chi connectivity index (χ4n) is 1.39. The van der Waals surface area contributed by atoms with Crippen LogP contribution in [0.15, 0.2) is 0 Å². The second-order valence-electron chi connectivity index (χ2n) is 2.93. The van der Waals surface area contributed by atoms with Crippen LogP contribution in [0, 0.1) is 5.92 Å². The lowest BCUT2D eigenvalue weighted by molar-refractivity contribution is -0.161. The van der Waals surface area contributed by atoms with E-state index < -0.39 is 12.0 Å². The SMILES string of the molecule is CC(=O)N1CC(C)C1C(=O)O. The van der Waals surface area contributed by atoms with Crippen LogP contribution in [-0.2, 0) is 9.59 Å². The van der Waals surface area contributed by atoms with Crippen molar-refractivity contribution in [2.45, 2.75) is 19.9 Å². The standard InChI is InChI=1S/C7H11NO3/c1-4-3-8(5(2)9)6(4)7(10)11/h4,6H,3H2,1-2H3,(H,10,11). The number of hydrogen-bond acceptors (Lipinski definition) is 2. The van der Waals surface area contributed by atoms with E-state index in [0.717, 1.165) is 0 Å². The fraction of sp³-hybridized carbons (Fsp3) is 0.714. The molecule has 0 aromatic heterocycles. The van der Waals surface area contributed by atoms with E-state index in [1.165, 1.54) is 11.8 Å². The number of carboxylic acid groups (broad SMARTS) is 1. The molecule has 1 aliphatic heterocycles. The lowest BCUT2D eigenvalue weighted by Gasteiger charge is -2.43. The van der Waals surface area contributed by atoms with Gasteiger partial charge in [0.15, 0.2) is 0 Å². The van der Waals surface area contributed by atoms with E-state index in [1.54, 1.807) is 0 Å². The molecule has 0 spiro atoms. The number of rotatable bonds is 1. The lowest BCUT2D eigenvalue weighted by atomic mass is 9.90. The molecule has 0 aliphatic carbocycles. The number of aliphatic carboxylic acids is 1. The molecule has 2 atom stereocenters. The first-order valence-corrected chi connectivity index (χ1v) is 3.54. The van der Waals surface area contributed by atoms with E-state index in [-0.39, 0.29) is 11.8 Å². The highest BCUT2D eigenvalue weighted by molar-refractivity contribution is 5.84. The molecule has 1 aliphatic rings. The van der Waals surface area contributed by atoms with Crippen molar-refractivity contribution < 1.29 is 14.7 Å². The van der Waals surface area contributed by atoms with Gasteiger partial charge in [-0.15, -0.1) is 0 Å². The topological polar surface area (TPSA) is 57.6 Å². The Morgan fingerprint density at radius 2 is 2.09 bits per heavy atom. The molecule has 0 saturated carbocycles. The summed E-state index contributed by atoms with van der Waals surface area (Å²) < 4.78 is 0. The summed E-state index contributed by atoms with van der Waals surface area (Å²) in [6.45, 7) is 3.80. The van der Waals surface area contributed by atoms with E-state index in [2.05, 4.69) is 0 Å². The second kappa shape index (κ2) is 2.53. The zero-order valence-electron chi connectivity index (χ0n) is 6.57. The molecule has 1 N–H and O–H groups in total. The van der Waals surface area contributed by atoms with Gasteiger partial charge >= 0.3 is 5.97 Å². The number of carboxylic acids is 1. The third-order valence-corrected chi connectivity index (χ3v) is 2.02. The molecular weight excluding hydrogens is 146 g/mol. The molecule has 11 heavy (non-hydrogen) atoms. The molecule has 0 aromatic carbocycles. The molecule has 0 radical (unpaired) electrons. The Labute approximate surface area is 64.8 Å². The van der Waals surface area contributed by atoms with Crippen LogP contribution < -0.4 is 0 Å². The molecule has 62 valence electrons. The molecule has 1 heterocycles. The molecule has 4 heteroatoms. The average Bonchev–Trinajstić information content (AvgIpc) is 1.80. The summed E-state index contributed by atoms with van der Waals surface area (Å²) in [5.74, 6) is -0.967. The Balaban J connectivity index is 2.62. The number of hydrogen-bond donors (Lipinski definition) is 1. The smallest absolute Gasteiger partial charge is 0.326 e. The third-order valence-electron chi connectivity index (χ3n) is 2.02. The van der Waals surface area contributed by atoms with Crippen LogP contribution in [0.1, 0.15) is 13.8 Å². The van der Waals surface area contributed by atoms with Crippen molar-refractivity contribution in [2.75, 3.05) is 6.54 Å². The van der Waals surface area contributed by atoms with Gasteiger partial charge in [-0.1, -0.05) is 6.92 Å². The molecular formula is C7H11NO3. The number of amides is 1. The van der Waals surface area contributed by atoms with Crippen LogP contribution in [0.25, 0.3) is 0 Å². The first-order chi connectivity index (χ1) is 5.04. The molecule has 0 bridgehead atoms. The predicted molar refractivity (Wildman–Crippen MR) is 38.0 cm³/mol. The van der Waals surface area contributed by atoms with Crippen LogP contribution in [-0.4, -0.2) is 34.5 Å². The van der Waals surface area contributed by atoms with E-state index in [4.69, 9.17) is 5.11 Å². The first-order valence-electron chi connectivity index (χ1n) is 3.54. The van der Waals surface area contributed by atoms with E-state index in [0.29, 0.717) is 6.54 Å². The van der Waals surface area contributed by atoms with Crippen molar-refractivity contribution in [1.82, 2.24) is 4.90 Å². The summed E-state index contributed by atoms with van der Waals surface area (Å²) in [4.78, 5) is 22.6. The first kappa shape index (κ1) is 8.04. The minimum atomic E-state index is -0.904. The highest BCUT2D eigenvalue weighted by Crippen LogP contribution is 2.24. The molecule has 1 saturated heterocycles. The summed E-state index contributed by atoms with van der Waals surface area (Å²) in [6, 6.07) is -0.590. The molecule has 1 amide bonds. The zero-order valence-corrected chi connectivity index (χ0v) is 6.57. The molecule has 2 unspecified atom stereocenters. The highest BCUT2D eigenvalue weighted by Gasteiger charge is 2.42. The van der Waals surface area contributed by atoms with Crippen molar-refractivity contribution in [3.8, 4) is 0 Å².